The average molecular weight is 174 g/mol. The van der Waals surface area contributed by atoms with Gasteiger partial charge in [-0.05, 0) is 23.3 Å². The number of fused-ring (bicyclic) bond motifs is 1. The van der Waals surface area contributed by atoms with Gasteiger partial charge in [-0.25, -0.2) is 0 Å². The van der Waals surface area contributed by atoms with Gasteiger partial charge in [-0.3, -0.25) is 0 Å². The van der Waals surface area contributed by atoms with Crippen LogP contribution in [0.5, 0.6) is 0 Å². The molecule has 4 heteroatoms. The van der Waals surface area contributed by atoms with Gasteiger partial charge in [-0.15, -0.1) is 0 Å². The van der Waals surface area contributed by atoms with E-state index in [4.69, 9.17) is 5.73 Å². The maximum Gasteiger partial charge on any atom is 0.281 e. The van der Waals surface area contributed by atoms with E-state index in [2.05, 4.69) is 4.81 Å². The second-order valence-electron chi connectivity index (χ2n) is 3.36. The van der Waals surface area contributed by atoms with Crippen LogP contribution in [0.25, 0.3) is 0 Å². The van der Waals surface area contributed by atoms with E-state index in [-0.39, 0.29) is 0 Å². The average Bonchev–Trinajstić information content (AvgIpc) is 2.46. The molecule has 0 aromatic heterocycles. The zero-order valence-electron chi connectivity index (χ0n) is 7.36. The molecule has 2 N–H and O–H groups in total. The third-order valence-electron chi connectivity index (χ3n) is 2.35. The molecule has 0 saturated heterocycles. The van der Waals surface area contributed by atoms with E-state index in [1.807, 2.05) is 18.2 Å². The fraction of sp³-hybridized carbons (Fsp3) is 0.222. The summed E-state index contributed by atoms with van der Waals surface area (Å²) < 4.78 is 0. The minimum Gasteiger partial charge on any atom is -0.399 e. The van der Waals surface area contributed by atoms with Gasteiger partial charge in [-0.1, -0.05) is 6.07 Å². The largest absolute Gasteiger partial charge is 0.399 e. The van der Waals surface area contributed by atoms with Crippen LogP contribution < -0.4 is 5.73 Å². The van der Waals surface area contributed by atoms with Gasteiger partial charge in [0.15, 0.2) is 0 Å². The summed E-state index contributed by atoms with van der Waals surface area (Å²) in [6, 6.07) is 5.93. The van der Waals surface area contributed by atoms with Gasteiger partial charge in [0.1, 0.15) is 0 Å². The lowest BCUT2D eigenvalue weighted by molar-refractivity contribution is 0.478. The lowest BCUT2D eigenvalue weighted by Crippen LogP contribution is -2.22. The number of benzene rings is 1. The highest BCUT2D eigenvalue weighted by Gasteiger charge is 2.18. The molecule has 0 fully saturated rings. The molecule has 3 nitrogen and oxygen atoms in total. The van der Waals surface area contributed by atoms with Crippen LogP contribution in [0.3, 0.4) is 0 Å². The van der Waals surface area contributed by atoms with E-state index in [1.54, 1.807) is 0 Å². The first-order valence-corrected chi connectivity index (χ1v) is 4.33. The van der Waals surface area contributed by atoms with Crippen LogP contribution in [0.1, 0.15) is 11.1 Å². The number of nitrogens with two attached hydrogens (primary N) is 1. The maximum absolute atomic E-state index is 10.3. The predicted molar refractivity (Wildman–Crippen MR) is 54.0 cm³/mol. The molecular formula is C9H11BN2O. The Kier molecular flexibility index (Phi) is 2.06. The first-order valence-electron chi connectivity index (χ1n) is 4.33. The molecule has 0 bridgehead atoms. The van der Waals surface area contributed by atoms with Crippen molar-refractivity contribution in [3.05, 3.63) is 29.3 Å². The monoisotopic (exact) mass is 174 g/mol. The summed E-state index contributed by atoms with van der Waals surface area (Å²) in [5.74, 6) is 0. The van der Waals surface area contributed by atoms with Crippen molar-refractivity contribution in [2.24, 2.45) is 0 Å². The van der Waals surface area contributed by atoms with Crippen LogP contribution in [0.2, 0.25) is 0 Å². The smallest absolute Gasteiger partial charge is 0.281 e. The molecule has 0 atom stereocenters. The molecule has 1 heterocycles. The van der Waals surface area contributed by atoms with Gasteiger partial charge in [0.2, 0.25) is 0 Å². The fourth-order valence-corrected chi connectivity index (χ4v) is 1.72. The Morgan fingerprint density at radius 3 is 2.92 bits per heavy atom. The molecule has 1 aliphatic heterocycles. The van der Waals surface area contributed by atoms with E-state index in [1.165, 1.54) is 11.1 Å². The predicted octanol–water partition coefficient (Wildman–Crippen LogP) is 0.126. The second-order valence-corrected chi connectivity index (χ2v) is 3.36. The summed E-state index contributed by atoms with van der Waals surface area (Å²) in [5, 5.41) is 0. The van der Waals surface area contributed by atoms with Crippen molar-refractivity contribution in [1.82, 2.24) is 4.81 Å². The molecule has 1 aromatic rings. The van der Waals surface area contributed by atoms with Crippen molar-refractivity contribution in [3.8, 4) is 0 Å². The second kappa shape index (κ2) is 3.22. The SMILES string of the molecule is Nc1ccc2c(c1)CN(BC=O)C2. The fourth-order valence-electron chi connectivity index (χ4n) is 1.72. The number of nitrogen functional groups attached to an aromatic ring is 1. The van der Waals surface area contributed by atoms with Crippen molar-refractivity contribution >= 4 is 19.3 Å². The summed E-state index contributed by atoms with van der Waals surface area (Å²) >= 11 is 0. The lowest BCUT2D eigenvalue weighted by Gasteiger charge is -2.07. The van der Waals surface area contributed by atoms with Gasteiger partial charge in [0.25, 0.3) is 7.41 Å². The molecule has 0 saturated carbocycles. The van der Waals surface area contributed by atoms with Crippen molar-refractivity contribution in [2.75, 3.05) is 5.73 Å². The van der Waals surface area contributed by atoms with Crippen LogP contribution in [0.15, 0.2) is 18.2 Å². The van der Waals surface area contributed by atoms with Crippen molar-refractivity contribution < 1.29 is 4.79 Å². The molecule has 0 radical (unpaired) electrons. The molecule has 1 aliphatic rings. The van der Waals surface area contributed by atoms with Gasteiger partial charge in [-0.2, -0.15) is 0 Å². The summed E-state index contributed by atoms with van der Waals surface area (Å²) in [7, 11) is 0.509. The van der Waals surface area contributed by atoms with E-state index >= 15 is 0 Å². The molecule has 2 rings (SSSR count). The minimum atomic E-state index is 0.509. The van der Waals surface area contributed by atoms with E-state index in [0.29, 0.717) is 7.41 Å². The zero-order chi connectivity index (χ0) is 9.26. The molecule has 0 aliphatic carbocycles. The van der Waals surface area contributed by atoms with Crippen molar-refractivity contribution in [2.45, 2.75) is 13.1 Å². The van der Waals surface area contributed by atoms with Crippen LogP contribution in [0, 0.1) is 0 Å². The molecule has 0 amide bonds. The summed E-state index contributed by atoms with van der Waals surface area (Å²) in [6.45, 7) is 1.72. The minimum absolute atomic E-state index is 0.509. The maximum atomic E-state index is 10.3. The molecule has 0 unspecified atom stereocenters. The highest BCUT2D eigenvalue weighted by atomic mass is 16.1. The van der Waals surface area contributed by atoms with Crippen molar-refractivity contribution in [3.63, 3.8) is 0 Å². The number of hydrogen-bond acceptors (Lipinski definition) is 3. The summed E-state index contributed by atoms with van der Waals surface area (Å²) in [4.78, 5) is 12.4. The Morgan fingerprint density at radius 1 is 1.38 bits per heavy atom. The molecule has 13 heavy (non-hydrogen) atoms. The number of hydrogen-bond donors (Lipinski definition) is 1. The van der Waals surface area contributed by atoms with Crippen LogP contribution >= 0.6 is 0 Å². The van der Waals surface area contributed by atoms with Crippen molar-refractivity contribution in [1.29, 1.82) is 0 Å². The quantitative estimate of drug-likeness (QED) is 0.393. The lowest BCUT2D eigenvalue weighted by atomic mass is 9.95. The standard InChI is InChI=1S/C9H11BN2O/c11-9-2-1-7-4-12(10-6-13)5-8(7)3-9/h1-3,6,10H,4-5,11H2. The van der Waals surface area contributed by atoms with Crippen LogP contribution in [-0.2, 0) is 17.9 Å². The highest BCUT2D eigenvalue weighted by molar-refractivity contribution is 6.64. The molecular weight excluding hydrogens is 163 g/mol. The third-order valence-corrected chi connectivity index (χ3v) is 2.35. The van der Waals surface area contributed by atoms with E-state index < -0.39 is 0 Å². The van der Waals surface area contributed by atoms with Gasteiger partial charge in [0.05, 0.1) is 6.19 Å². The topological polar surface area (TPSA) is 46.3 Å². The Hall–Kier alpha value is -1.29. The number of rotatable bonds is 2. The van der Waals surface area contributed by atoms with Gasteiger partial charge < -0.3 is 15.3 Å². The molecule has 0 spiro atoms. The number of carbonyl (C=O) groups is 1. The Bertz CT molecular complexity index is 340. The number of carbonyl (C=O) groups excluding carboxylic acids is 1. The Balaban J connectivity index is 2.20. The summed E-state index contributed by atoms with van der Waals surface area (Å²) in [5.41, 5.74) is 9.00. The highest BCUT2D eigenvalue weighted by Crippen LogP contribution is 2.23. The van der Waals surface area contributed by atoms with E-state index in [9.17, 15) is 4.79 Å². The Labute approximate surface area is 77.8 Å². The number of nitrogens with zero attached hydrogens (tertiary/aromatic N) is 1. The molecule has 66 valence electrons. The zero-order valence-corrected chi connectivity index (χ0v) is 7.36. The third kappa shape index (κ3) is 1.58. The molecule has 1 aromatic carbocycles. The normalized spacial score (nSPS) is 15.4. The van der Waals surface area contributed by atoms with Crippen LogP contribution in [-0.4, -0.2) is 18.4 Å². The Morgan fingerprint density at radius 2 is 2.15 bits per heavy atom. The summed E-state index contributed by atoms with van der Waals surface area (Å²) in [6.07, 6.45) is 0.940. The number of anilines is 1. The van der Waals surface area contributed by atoms with Gasteiger partial charge >= 0.3 is 0 Å². The van der Waals surface area contributed by atoms with Crippen LogP contribution in [0.4, 0.5) is 5.69 Å². The van der Waals surface area contributed by atoms with Gasteiger partial charge in [0, 0.05) is 18.8 Å². The first kappa shape index (κ1) is 8.32. The first-order chi connectivity index (χ1) is 6.29. The van der Waals surface area contributed by atoms with E-state index in [0.717, 1.165) is 25.0 Å².